The molecule has 0 spiro atoms. The average Bonchev–Trinajstić information content (AvgIpc) is 3.25. The first kappa shape index (κ1) is 24.5. The van der Waals surface area contributed by atoms with Gasteiger partial charge in [-0.25, -0.2) is 0 Å². The maximum atomic E-state index is 7.76. The molecule has 2 atom stereocenters. The van der Waals surface area contributed by atoms with Gasteiger partial charge in [0.1, 0.15) is 9.52 Å². The van der Waals surface area contributed by atoms with Gasteiger partial charge < -0.3 is 0 Å². The maximum Gasteiger partial charge on any atom is 0.118 e. The van der Waals surface area contributed by atoms with Gasteiger partial charge in [0, 0.05) is 0 Å². The van der Waals surface area contributed by atoms with Crippen LogP contribution in [0.3, 0.4) is 0 Å². The summed E-state index contributed by atoms with van der Waals surface area (Å²) in [5, 5.41) is 0. The lowest BCUT2D eigenvalue weighted by Gasteiger charge is -2.35. The fraction of sp³-hybridized carbons (Fsp3) is 0.176. The predicted octanol–water partition coefficient (Wildman–Crippen LogP) is 9.82. The van der Waals surface area contributed by atoms with Crippen molar-refractivity contribution >= 4 is 43.9 Å². The maximum absolute atomic E-state index is 7.76. The van der Waals surface area contributed by atoms with Crippen molar-refractivity contribution in [1.29, 1.82) is 0 Å². The van der Waals surface area contributed by atoms with E-state index in [9.17, 15) is 0 Å². The second-order valence-electron chi connectivity index (χ2n) is 10.1. The molecular weight excluding hydrogens is 507 g/mol. The molecule has 4 aromatic rings. The molecule has 0 N–H and O–H groups in total. The quantitative estimate of drug-likeness (QED) is 0.180. The van der Waals surface area contributed by atoms with Crippen LogP contribution < -0.4 is 0 Å². The summed E-state index contributed by atoms with van der Waals surface area (Å²) in [4.78, 5) is 0. The lowest BCUT2D eigenvalue weighted by atomic mass is 9.94. The summed E-state index contributed by atoms with van der Waals surface area (Å²) in [6, 6.07) is 34.3. The zero-order chi connectivity index (χ0) is 25.9. The minimum atomic E-state index is -0.669. The number of hydrogen-bond donors (Lipinski definition) is 0. The molecule has 0 fully saturated rings. The van der Waals surface area contributed by atoms with E-state index in [4.69, 9.17) is 23.2 Å². The van der Waals surface area contributed by atoms with E-state index >= 15 is 0 Å². The smallest absolute Gasteiger partial charge is 0.114 e. The Hall–Kier alpha value is -2.84. The van der Waals surface area contributed by atoms with Crippen LogP contribution in [0.1, 0.15) is 49.9 Å². The molecule has 0 aliphatic heterocycles. The van der Waals surface area contributed by atoms with Gasteiger partial charge in [-0.3, -0.25) is 0 Å². The highest BCUT2D eigenvalue weighted by Crippen LogP contribution is 2.58. The number of allylic oxidation sites excluding steroid dienone is 4. The molecule has 0 nitrogen and oxygen atoms in total. The van der Waals surface area contributed by atoms with Crippen molar-refractivity contribution in [2.75, 3.05) is 0 Å². The third kappa shape index (κ3) is 3.55. The Labute approximate surface area is 232 Å². The SMILES string of the molecule is CC1=C(C)[C@](Cl)([Si][C@@]2(Cl)C(C)=C(C)c3c(-c4ccccc4)cccc32)c2cccc(-c3ccccc3)c21. The van der Waals surface area contributed by atoms with Gasteiger partial charge in [0.25, 0.3) is 0 Å². The number of fused-ring (bicyclic) bond motifs is 2. The van der Waals surface area contributed by atoms with Crippen LogP contribution in [0.4, 0.5) is 0 Å². The molecule has 2 aliphatic rings. The second kappa shape index (κ2) is 8.87. The zero-order valence-corrected chi connectivity index (χ0v) is 24.0. The molecule has 182 valence electrons. The fourth-order valence-electron chi connectivity index (χ4n) is 6.06. The van der Waals surface area contributed by atoms with Crippen LogP contribution in [0.25, 0.3) is 33.4 Å². The van der Waals surface area contributed by atoms with E-state index in [1.807, 2.05) is 0 Å². The third-order valence-electron chi connectivity index (χ3n) is 8.29. The van der Waals surface area contributed by atoms with E-state index in [-0.39, 0.29) is 9.52 Å². The molecule has 2 aliphatic carbocycles. The standard InChI is InChI=1S/C34H28Cl2Si/c1-21-23(3)33(35,29-19-11-17-27(31(21)29)25-13-7-5-8-14-25)37-34(36)24(4)22(2)32-28(18-12-20-30(32)34)26-15-9-6-10-16-26/h5-20H,1-4H3/t33-,34-/m0/s1. The molecule has 0 bridgehead atoms. The summed E-state index contributed by atoms with van der Waals surface area (Å²) in [7, 11) is 0.235. The lowest BCUT2D eigenvalue weighted by molar-refractivity contribution is 0.925. The van der Waals surface area contributed by atoms with Crippen LogP contribution >= 0.6 is 23.2 Å². The van der Waals surface area contributed by atoms with Crippen LogP contribution in [0, 0.1) is 0 Å². The van der Waals surface area contributed by atoms with Gasteiger partial charge in [-0.2, -0.15) is 0 Å². The average molecular weight is 536 g/mol. The van der Waals surface area contributed by atoms with Crippen LogP contribution in [0.2, 0.25) is 0 Å². The Kier molecular flexibility index (Phi) is 5.87. The molecule has 3 heteroatoms. The summed E-state index contributed by atoms with van der Waals surface area (Å²) < 4.78 is -1.34. The van der Waals surface area contributed by atoms with Crippen molar-refractivity contribution in [3.63, 3.8) is 0 Å². The highest BCUT2D eigenvalue weighted by atomic mass is 35.5. The first-order valence-corrected chi connectivity index (χ1v) is 14.4. The highest BCUT2D eigenvalue weighted by molar-refractivity contribution is 6.70. The van der Waals surface area contributed by atoms with E-state index in [0.717, 1.165) is 0 Å². The van der Waals surface area contributed by atoms with Crippen molar-refractivity contribution < 1.29 is 0 Å². The molecule has 0 aromatic heterocycles. The van der Waals surface area contributed by atoms with Crippen molar-refractivity contribution in [2.24, 2.45) is 0 Å². The number of benzene rings is 4. The minimum Gasteiger partial charge on any atom is -0.114 e. The number of alkyl halides is 2. The topological polar surface area (TPSA) is 0 Å². The Balaban J connectivity index is 1.51. The van der Waals surface area contributed by atoms with Crippen LogP contribution in [-0.2, 0) is 8.99 Å². The normalized spacial score (nSPS) is 22.4. The van der Waals surface area contributed by atoms with Crippen molar-refractivity contribution in [3.8, 4) is 22.3 Å². The summed E-state index contributed by atoms with van der Waals surface area (Å²) in [5.74, 6) is 0. The van der Waals surface area contributed by atoms with E-state index in [1.165, 1.54) is 66.8 Å². The largest absolute Gasteiger partial charge is 0.118 e. The molecule has 6 rings (SSSR count). The van der Waals surface area contributed by atoms with Crippen LogP contribution in [-0.4, -0.2) is 9.52 Å². The summed E-state index contributed by atoms with van der Waals surface area (Å²) in [6.07, 6.45) is 0. The van der Waals surface area contributed by atoms with E-state index in [2.05, 4.69) is 125 Å². The highest BCUT2D eigenvalue weighted by Gasteiger charge is 2.52. The molecular formula is C34H28Cl2Si. The Morgan fingerprint density at radius 3 is 1.24 bits per heavy atom. The monoisotopic (exact) mass is 534 g/mol. The molecule has 4 aromatic carbocycles. The molecule has 0 unspecified atom stereocenters. The van der Waals surface area contributed by atoms with Gasteiger partial charge in [-0.05, 0) is 94.5 Å². The van der Waals surface area contributed by atoms with Crippen LogP contribution in [0.15, 0.2) is 108 Å². The van der Waals surface area contributed by atoms with Gasteiger partial charge >= 0.3 is 0 Å². The lowest BCUT2D eigenvalue weighted by Crippen LogP contribution is -2.40. The van der Waals surface area contributed by atoms with Crippen LogP contribution in [0.5, 0.6) is 0 Å². The first-order valence-electron chi connectivity index (χ1n) is 12.7. The Morgan fingerprint density at radius 2 is 0.865 bits per heavy atom. The zero-order valence-electron chi connectivity index (χ0n) is 21.5. The number of hydrogen-bond acceptors (Lipinski definition) is 0. The van der Waals surface area contributed by atoms with Gasteiger partial charge in [0.15, 0.2) is 0 Å². The number of halogens is 2. The van der Waals surface area contributed by atoms with Gasteiger partial charge in [0.2, 0.25) is 0 Å². The van der Waals surface area contributed by atoms with E-state index in [1.54, 1.807) is 0 Å². The van der Waals surface area contributed by atoms with Crippen molar-refractivity contribution in [2.45, 2.75) is 36.7 Å². The minimum absolute atomic E-state index is 0.235. The van der Waals surface area contributed by atoms with Crippen molar-refractivity contribution in [3.05, 3.63) is 130 Å². The summed E-state index contributed by atoms with van der Waals surface area (Å²) >= 11 is 15.5. The summed E-state index contributed by atoms with van der Waals surface area (Å²) in [6.45, 7) is 8.79. The predicted molar refractivity (Wildman–Crippen MR) is 161 cm³/mol. The van der Waals surface area contributed by atoms with Gasteiger partial charge in [-0.15, -0.1) is 23.2 Å². The fourth-order valence-corrected chi connectivity index (χ4v) is 9.56. The van der Waals surface area contributed by atoms with Gasteiger partial charge in [0.05, 0.1) is 8.99 Å². The van der Waals surface area contributed by atoms with E-state index < -0.39 is 8.99 Å². The third-order valence-corrected chi connectivity index (χ3v) is 11.8. The van der Waals surface area contributed by atoms with Gasteiger partial charge in [-0.1, -0.05) is 97.1 Å². The molecule has 37 heavy (non-hydrogen) atoms. The van der Waals surface area contributed by atoms with E-state index in [0.29, 0.717) is 0 Å². The molecule has 0 saturated heterocycles. The Morgan fingerprint density at radius 1 is 0.486 bits per heavy atom. The molecule has 0 heterocycles. The first-order chi connectivity index (χ1) is 17.8. The molecule has 0 amide bonds. The Bertz CT molecular complexity index is 1480. The molecule has 0 saturated carbocycles. The second-order valence-corrected chi connectivity index (χ2v) is 13.6. The number of rotatable bonds is 4. The molecule has 2 radical (unpaired) electrons. The summed E-state index contributed by atoms with van der Waals surface area (Å²) in [5.41, 5.74) is 14.6. The van der Waals surface area contributed by atoms with Crippen molar-refractivity contribution in [1.82, 2.24) is 0 Å².